The predicted octanol–water partition coefficient (Wildman–Crippen LogP) is 1.53. The van der Waals surface area contributed by atoms with Gasteiger partial charge in [0.1, 0.15) is 12.5 Å². The number of aromatic hydroxyl groups is 1. The second kappa shape index (κ2) is 7.23. The summed E-state index contributed by atoms with van der Waals surface area (Å²) in [5.41, 5.74) is 0.757. The molecule has 84 valence electrons. The van der Waals surface area contributed by atoms with Gasteiger partial charge in [0.15, 0.2) is 0 Å². The van der Waals surface area contributed by atoms with E-state index in [1.807, 2.05) is 12.1 Å². The summed E-state index contributed by atoms with van der Waals surface area (Å²) in [6, 6.07) is 7.06. The molecule has 0 spiro atoms. The Bertz CT molecular complexity index is 275. The monoisotopic (exact) mass is 212 g/mol. The van der Waals surface area contributed by atoms with E-state index in [0.717, 1.165) is 5.56 Å². The molecule has 4 heteroatoms. The van der Waals surface area contributed by atoms with Gasteiger partial charge in [-0.05, 0) is 6.07 Å². The average Bonchev–Trinajstić information content (AvgIpc) is 2.25. The molecule has 15 heavy (non-hydrogen) atoms. The van der Waals surface area contributed by atoms with Crippen molar-refractivity contribution in [2.75, 3.05) is 27.1 Å². The number of ether oxygens (including phenoxy) is 3. The minimum atomic E-state index is 0.206. The van der Waals surface area contributed by atoms with Crippen LogP contribution in [0.5, 0.6) is 5.75 Å². The molecule has 4 nitrogen and oxygen atoms in total. The van der Waals surface area contributed by atoms with Crippen molar-refractivity contribution in [2.45, 2.75) is 6.61 Å². The molecule has 1 aromatic rings. The van der Waals surface area contributed by atoms with Crippen molar-refractivity contribution >= 4 is 0 Å². The third kappa shape index (κ3) is 4.78. The van der Waals surface area contributed by atoms with Gasteiger partial charge >= 0.3 is 0 Å². The Balaban J connectivity index is 2.12. The third-order valence-electron chi connectivity index (χ3n) is 1.85. The van der Waals surface area contributed by atoms with Crippen molar-refractivity contribution in [1.29, 1.82) is 0 Å². The number of hydrogen-bond donors (Lipinski definition) is 1. The summed E-state index contributed by atoms with van der Waals surface area (Å²) >= 11 is 0. The van der Waals surface area contributed by atoms with Gasteiger partial charge in [0.2, 0.25) is 0 Å². The highest BCUT2D eigenvalue weighted by Crippen LogP contribution is 2.15. The number of para-hydroxylation sites is 1. The summed E-state index contributed by atoms with van der Waals surface area (Å²) < 4.78 is 15.1. The van der Waals surface area contributed by atoms with Gasteiger partial charge in [0.25, 0.3) is 0 Å². The van der Waals surface area contributed by atoms with E-state index < -0.39 is 0 Å². The summed E-state index contributed by atoms with van der Waals surface area (Å²) in [5, 5.41) is 9.41. The number of phenols is 1. The van der Waals surface area contributed by atoms with E-state index in [0.29, 0.717) is 19.8 Å². The lowest BCUT2D eigenvalue weighted by Crippen LogP contribution is -2.05. The first-order chi connectivity index (χ1) is 7.34. The van der Waals surface area contributed by atoms with Gasteiger partial charge in [-0.25, -0.2) is 0 Å². The lowest BCUT2D eigenvalue weighted by molar-refractivity contribution is -0.0727. The molecule has 0 amide bonds. The van der Waals surface area contributed by atoms with Crippen molar-refractivity contribution in [3.63, 3.8) is 0 Å². The maximum atomic E-state index is 9.41. The third-order valence-corrected chi connectivity index (χ3v) is 1.85. The summed E-state index contributed by atoms with van der Waals surface area (Å²) in [7, 11) is 1.62. The molecule has 0 aromatic heterocycles. The van der Waals surface area contributed by atoms with Crippen molar-refractivity contribution < 1.29 is 19.3 Å². The molecule has 0 fully saturated rings. The fourth-order valence-electron chi connectivity index (χ4n) is 1.04. The first-order valence-electron chi connectivity index (χ1n) is 4.76. The summed E-state index contributed by atoms with van der Waals surface area (Å²) in [5.74, 6) is 0.245. The highest BCUT2D eigenvalue weighted by Gasteiger charge is 1.98. The van der Waals surface area contributed by atoms with Crippen LogP contribution in [-0.2, 0) is 20.8 Å². The van der Waals surface area contributed by atoms with Gasteiger partial charge in [-0.1, -0.05) is 18.2 Å². The zero-order valence-electron chi connectivity index (χ0n) is 8.81. The Kier molecular flexibility index (Phi) is 5.77. The van der Waals surface area contributed by atoms with Crippen LogP contribution in [0.15, 0.2) is 24.3 Å². The molecule has 0 aliphatic heterocycles. The van der Waals surface area contributed by atoms with Gasteiger partial charge in [0.05, 0.1) is 19.8 Å². The van der Waals surface area contributed by atoms with Crippen LogP contribution in [0.1, 0.15) is 5.56 Å². The van der Waals surface area contributed by atoms with Crippen LogP contribution >= 0.6 is 0 Å². The van der Waals surface area contributed by atoms with Crippen LogP contribution in [0.25, 0.3) is 0 Å². The molecule has 0 heterocycles. The zero-order valence-corrected chi connectivity index (χ0v) is 8.81. The van der Waals surface area contributed by atoms with Crippen LogP contribution < -0.4 is 0 Å². The molecular weight excluding hydrogens is 196 g/mol. The van der Waals surface area contributed by atoms with Crippen molar-refractivity contribution in [2.24, 2.45) is 0 Å². The van der Waals surface area contributed by atoms with Gasteiger partial charge in [-0.15, -0.1) is 0 Å². The number of hydrogen-bond acceptors (Lipinski definition) is 4. The first-order valence-corrected chi connectivity index (χ1v) is 4.76. The molecular formula is C11H16O4. The van der Waals surface area contributed by atoms with E-state index in [4.69, 9.17) is 14.2 Å². The van der Waals surface area contributed by atoms with E-state index in [9.17, 15) is 5.11 Å². The molecule has 0 aliphatic carbocycles. The maximum Gasteiger partial charge on any atom is 0.147 e. The predicted molar refractivity (Wildman–Crippen MR) is 55.6 cm³/mol. The summed E-state index contributed by atoms with van der Waals surface area (Å²) in [6.45, 7) is 1.62. The molecule has 1 aromatic carbocycles. The summed E-state index contributed by atoms with van der Waals surface area (Å²) in [4.78, 5) is 0. The Morgan fingerprint density at radius 3 is 2.67 bits per heavy atom. The number of rotatable bonds is 7. The standard InChI is InChI=1S/C11H16O4/c1-13-6-7-14-9-15-8-10-4-2-3-5-11(10)12/h2-5,12H,6-9H2,1H3. The fraction of sp³-hybridized carbons (Fsp3) is 0.455. The number of methoxy groups -OCH3 is 1. The summed E-state index contributed by atoms with van der Waals surface area (Å²) in [6.07, 6.45) is 0. The van der Waals surface area contributed by atoms with Gasteiger partial charge in [-0.2, -0.15) is 0 Å². The smallest absolute Gasteiger partial charge is 0.147 e. The van der Waals surface area contributed by atoms with E-state index in [1.165, 1.54) is 0 Å². The molecule has 0 radical (unpaired) electrons. The fourth-order valence-corrected chi connectivity index (χ4v) is 1.04. The van der Waals surface area contributed by atoms with Gasteiger partial charge < -0.3 is 19.3 Å². The molecule has 0 saturated heterocycles. The number of benzene rings is 1. The topological polar surface area (TPSA) is 47.9 Å². The second-order valence-corrected chi connectivity index (χ2v) is 3.00. The van der Waals surface area contributed by atoms with E-state index in [-0.39, 0.29) is 12.5 Å². The van der Waals surface area contributed by atoms with Crippen LogP contribution in [0.4, 0.5) is 0 Å². The second-order valence-electron chi connectivity index (χ2n) is 3.00. The Hall–Kier alpha value is -1.10. The van der Waals surface area contributed by atoms with E-state index in [1.54, 1.807) is 19.2 Å². The highest BCUT2D eigenvalue weighted by molar-refractivity contribution is 5.30. The lowest BCUT2D eigenvalue weighted by atomic mass is 10.2. The van der Waals surface area contributed by atoms with Crippen LogP contribution in [0, 0.1) is 0 Å². The maximum absolute atomic E-state index is 9.41. The number of phenolic OH excluding ortho intramolecular Hbond substituents is 1. The van der Waals surface area contributed by atoms with Crippen molar-refractivity contribution in [3.05, 3.63) is 29.8 Å². The van der Waals surface area contributed by atoms with E-state index >= 15 is 0 Å². The quantitative estimate of drug-likeness (QED) is 0.550. The normalized spacial score (nSPS) is 10.5. The van der Waals surface area contributed by atoms with Crippen molar-refractivity contribution in [1.82, 2.24) is 0 Å². The molecule has 0 unspecified atom stereocenters. The van der Waals surface area contributed by atoms with Crippen LogP contribution in [0.3, 0.4) is 0 Å². The molecule has 0 atom stereocenters. The minimum absolute atomic E-state index is 0.206. The SMILES string of the molecule is COCCOCOCc1ccccc1O. The first kappa shape index (κ1) is 12.0. The molecule has 1 rings (SSSR count). The van der Waals surface area contributed by atoms with Gasteiger partial charge in [-0.3, -0.25) is 0 Å². The minimum Gasteiger partial charge on any atom is -0.508 e. The molecule has 0 aliphatic rings. The van der Waals surface area contributed by atoms with Crippen molar-refractivity contribution in [3.8, 4) is 5.75 Å². The largest absolute Gasteiger partial charge is 0.508 e. The van der Waals surface area contributed by atoms with Crippen LogP contribution in [0.2, 0.25) is 0 Å². The Labute approximate surface area is 89.4 Å². The van der Waals surface area contributed by atoms with Crippen LogP contribution in [-0.4, -0.2) is 32.2 Å². The highest BCUT2D eigenvalue weighted by atomic mass is 16.7. The van der Waals surface area contributed by atoms with E-state index in [2.05, 4.69) is 0 Å². The molecule has 0 saturated carbocycles. The average molecular weight is 212 g/mol. The Morgan fingerprint density at radius 2 is 1.93 bits per heavy atom. The van der Waals surface area contributed by atoms with Gasteiger partial charge in [0, 0.05) is 12.7 Å². The zero-order chi connectivity index (χ0) is 10.9. The Morgan fingerprint density at radius 1 is 1.13 bits per heavy atom. The molecule has 0 bridgehead atoms. The lowest BCUT2D eigenvalue weighted by Gasteiger charge is -2.06. The molecule has 1 N–H and O–H groups in total.